The third-order valence-electron chi connectivity index (χ3n) is 19.7. The molecule has 1 N–H and O–H groups in total. The van der Waals surface area contributed by atoms with Gasteiger partial charge in [0, 0.05) is 86.0 Å². The van der Waals surface area contributed by atoms with Gasteiger partial charge in [0.25, 0.3) is 0 Å². The number of esters is 1. The number of imidazole rings is 3. The average molecular weight is 1550 g/mol. The maximum Gasteiger partial charge on any atom is 0.306 e. The molecule has 16 rings (SSSR count). The van der Waals surface area contributed by atoms with Gasteiger partial charge in [-0.1, -0.05) is 45.4 Å². The quantitative estimate of drug-likeness (QED) is 0.0311. The van der Waals surface area contributed by atoms with Gasteiger partial charge in [0.15, 0.2) is 40.5 Å². The van der Waals surface area contributed by atoms with Crippen LogP contribution in [0.15, 0.2) is 123 Å². The number of ketones is 3. The zero-order chi connectivity index (χ0) is 79.0. The van der Waals surface area contributed by atoms with Crippen molar-refractivity contribution in [3.05, 3.63) is 235 Å². The SMILES string of the molecule is CCOC(=O)CCc1cc(C2CC2)cn2cc(Cn3cc(C(=O)CCc4c(C#N)ccc(OC)c4F)nn3)nc12.COc1ccc(C#N)c(CCC(=O)c2cn(Cc3cn4cc(C5CC5)cc(CCC(=O)O)c4n3)nn2)c1F.O=C(CCc1c(-n2cnnn2)ccc(Cl)c1F)c1cn(Cc2cn3cc(C4CC4)ccc3n2)nn1. The molecule has 0 spiro atoms. The van der Waals surface area contributed by atoms with Gasteiger partial charge in [-0.25, -0.2) is 46.9 Å². The minimum absolute atomic E-state index is 0.0141. The van der Waals surface area contributed by atoms with Gasteiger partial charge in [0.1, 0.15) is 46.2 Å². The molecule has 3 saturated carbocycles. The number of halogens is 4. The Morgan fingerprint density at radius 3 is 1.43 bits per heavy atom. The number of aromatic nitrogens is 19. The number of carbonyl (C=O) groups excluding carboxylic acids is 4. The minimum atomic E-state index is -0.857. The van der Waals surface area contributed by atoms with E-state index in [1.807, 2.05) is 56.2 Å². The number of aliphatic carboxylic acids is 1. The van der Waals surface area contributed by atoms with Crippen LogP contribution < -0.4 is 9.47 Å². The largest absolute Gasteiger partial charge is 0.494 e. The molecule has 0 aliphatic heterocycles. The summed E-state index contributed by atoms with van der Waals surface area (Å²) in [6, 6.07) is 21.0. The molecule has 13 aromatic rings. The van der Waals surface area contributed by atoms with Gasteiger partial charge in [0.05, 0.1) is 110 Å². The average Bonchev–Trinajstić information content (AvgIpc) is 1.65. The van der Waals surface area contributed by atoms with Crippen LogP contribution in [-0.4, -0.2) is 149 Å². The maximum atomic E-state index is 14.7. The third-order valence-corrected chi connectivity index (χ3v) is 20.0. The van der Waals surface area contributed by atoms with Crippen molar-refractivity contribution >= 4 is 57.8 Å². The van der Waals surface area contributed by atoms with Gasteiger partial charge in [-0.2, -0.15) is 10.5 Å². The summed E-state index contributed by atoms with van der Waals surface area (Å²) in [4.78, 5) is 75.5. The molecule has 3 aromatic carbocycles. The number of benzene rings is 3. The topological polar surface area (TPSA) is 368 Å². The fraction of sp³-hybridized carbons (Fsp3) is 0.329. The lowest BCUT2D eigenvalue weighted by molar-refractivity contribution is -0.143. The molecule has 30 nitrogen and oxygen atoms in total. The summed E-state index contributed by atoms with van der Waals surface area (Å²) < 4.78 is 71.0. The molecule has 10 aromatic heterocycles. The Morgan fingerprint density at radius 1 is 0.522 bits per heavy atom. The Bertz CT molecular complexity index is 5860. The summed E-state index contributed by atoms with van der Waals surface area (Å²) in [5.74, 6) is -2.15. The van der Waals surface area contributed by atoms with Crippen LogP contribution >= 0.6 is 11.6 Å². The highest BCUT2D eigenvalue weighted by atomic mass is 35.5. The molecule has 3 aliphatic rings. The summed E-state index contributed by atoms with van der Waals surface area (Å²) in [5.41, 5.74) is 11.9. The smallest absolute Gasteiger partial charge is 0.306 e. The van der Waals surface area contributed by atoms with E-state index in [-0.39, 0.29) is 143 Å². The lowest BCUT2D eigenvalue weighted by Crippen LogP contribution is -2.08. The predicted octanol–water partition coefficient (Wildman–Crippen LogP) is 11.3. The molecule has 34 heteroatoms. The van der Waals surface area contributed by atoms with Crippen molar-refractivity contribution in [2.45, 2.75) is 147 Å². The fourth-order valence-electron chi connectivity index (χ4n) is 13.4. The molecule has 3 aliphatic carbocycles. The van der Waals surface area contributed by atoms with E-state index in [2.05, 4.69) is 82.0 Å². The molecule has 0 unspecified atom stereocenters. The Balaban J connectivity index is 0.000000141. The van der Waals surface area contributed by atoms with Crippen molar-refractivity contribution in [1.29, 1.82) is 10.5 Å². The summed E-state index contributed by atoms with van der Waals surface area (Å²) in [6.45, 7) is 3.08. The molecular formula is C79H73ClF3N21O9. The zero-order valence-corrected chi connectivity index (χ0v) is 62.3. The summed E-state index contributed by atoms with van der Waals surface area (Å²) in [5, 5.41) is 62.9. The minimum Gasteiger partial charge on any atom is -0.494 e. The van der Waals surface area contributed by atoms with Crippen LogP contribution in [0.1, 0.15) is 199 Å². The Hall–Kier alpha value is -13.2. The number of carboxylic acid groups (broad SMARTS) is 1. The Kier molecular flexibility index (Phi) is 23.0. The van der Waals surface area contributed by atoms with E-state index in [1.165, 1.54) is 107 Å². The van der Waals surface area contributed by atoms with Gasteiger partial charge in [-0.3, -0.25) is 24.0 Å². The lowest BCUT2D eigenvalue weighted by atomic mass is 10.0. The van der Waals surface area contributed by atoms with Crippen LogP contribution in [0, 0.1) is 40.1 Å². The molecule has 0 amide bonds. The molecule has 113 heavy (non-hydrogen) atoms. The fourth-order valence-corrected chi connectivity index (χ4v) is 13.6. The number of nitriles is 2. The standard InChI is InChI=1S/C29H29FN6O4.C27H25FN6O4.C23H19ClFN9O/c1-3-40-27(38)11-7-19-12-21(18-4-5-18)14-35-15-22(32-29(19)35)16-36-17-24(33-34-36)25(37)9-8-23-20(13-31)6-10-26(39-2)28(23)30;1-38-24-8-4-18(11-29)21(26(24)28)6-7-23(35)22-15-34(32-31-22)14-20-13-33-12-19(16-2-3-16)10-17(27(33)30-20)5-9-25(36)37;24-18-5-6-20(34-13-26-29-31-34)17(23(18)25)4-7-21(35)19-12-33(30-28-19)11-16-10-32-9-15(14-1-2-14)3-8-22(32)27-16/h6,10,12,14-15,17-18H,3-5,7-9,11,16H2,1-2H3;4,8,10,12-13,15-16H,2-3,5-7,9,14H2,1H3,(H,36,37);3,5-6,8-10,12-14H,1-2,4,7,11H2. The van der Waals surface area contributed by atoms with E-state index in [4.69, 9.17) is 40.9 Å². The third kappa shape index (κ3) is 18.2. The number of ether oxygens (including phenoxy) is 3. The molecular weight excluding hydrogens is 1480 g/mol. The monoisotopic (exact) mass is 1550 g/mol. The predicted molar refractivity (Wildman–Crippen MR) is 397 cm³/mol. The van der Waals surface area contributed by atoms with Gasteiger partial charge < -0.3 is 32.5 Å². The van der Waals surface area contributed by atoms with E-state index in [1.54, 1.807) is 23.9 Å². The molecule has 3 fully saturated rings. The van der Waals surface area contributed by atoms with E-state index >= 15 is 0 Å². The van der Waals surface area contributed by atoms with E-state index in [0.717, 1.165) is 59.5 Å². The number of Topliss-reactive ketones (excluding diaryl/α,β-unsaturated/α-hetero) is 3. The van der Waals surface area contributed by atoms with E-state index in [0.29, 0.717) is 67.3 Å². The van der Waals surface area contributed by atoms with Crippen LogP contribution in [0.2, 0.25) is 5.02 Å². The van der Waals surface area contributed by atoms with Gasteiger partial charge in [-0.05, 0) is 176 Å². The molecule has 0 atom stereocenters. The van der Waals surface area contributed by atoms with Crippen molar-refractivity contribution in [2.75, 3.05) is 20.8 Å². The number of carbonyl (C=O) groups is 5. The number of hydrogen-bond donors (Lipinski definition) is 1. The second-order valence-corrected chi connectivity index (χ2v) is 28.1. The first-order valence-electron chi connectivity index (χ1n) is 36.7. The normalized spacial score (nSPS) is 13.1. The number of hydrogen-bond acceptors (Lipinski definition) is 22. The molecule has 0 saturated heterocycles. The molecule has 576 valence electrons. The first-order chi connectivity index (χ1) is 54.8. The van der Waals surface area contributed by atoms with E-state index < -0.39 is 23.4 Å². The van der Waals surface area contributed by atoms with Gasteiger partial charge in [0.2, 0.25) is 0 Å². The highest BCUT2D eigenvalue weighted by Gasteiger charge is 2.29. The van der Waals surface area contributed by atoms with Crippen LogP contribution in [-0.2, 0) is 66.1 Å². The highest BCUT2D eigenvalue weighted by molar-refractivity contribution is 6.30. The number of nitrogens with zero attached hydrogens (tertiary/aromatic N) is 21. The lowest BCUT2D eigenvalue weighted by Gasteiger charge is -2.10. The number of methoxy groups -OCH3 is 2. The second kappa shape index (κ2) is 34.0. The van der Waals surface area contributed by atoms with Crippen molar-refractivity contribution < 1.29 is 56.5 Å². The Labute approximate surface area is 647 Å². The Morgan fingerprint density at radius 2 is 0.982 bits per heavy atom. The van der Waals surface area contributed by atoms with Crippen molar-refractivity contribution in [1.82, 2.24) is 93.3 Å². The number of rotatable bonds is 31. The summed E-state index contributed by atoms with van der Waals surface area (Å²) >= 11 is 5.96. The van der Waals surface area contributed by atoms with Gasteiger partial charge in [-0.15, -0.1) is 20.4 Å². The number of aryl methyl sites for hydroxylation is 2. The number of tetrazole rings is 1. The maximum absolute atomic E-state index is 14.7. The molecule has 0 radical (unpaired) electrons. The zero-order valence-electron chi connectivity index (χ0n) is 61.5. The van der Waals surface area contributed by atoms with Crippen LogP contribution in [0.25, 0.3) is 22.6 Å². The van der Waals surface area contributed by atoms with Crippen molar-refractivity contribution in [3.8, 4) is 29.3 Å². The number of carboxylic acids is 1. The second-order valence-electron chi connectivity index (χ2n) is 27.7. The highest BCUT2D eigenvalue weighted by Crippen LogP contribution is 2.43. The van der Waals surface area contributed by atoms with E-state index in [9.17, 15) is 47.7 Å². The van der Waals surface area contributed by atoms with Crippen molar-refractivity contribution in [3.63, 3.8) is 0 Å². The van der Waals surface area contributed by atoms with Crippen LogP contribution in [0.4, 0.5) is 13.2 Å². The van der Waals surface area contributed by atoms with Crippen LogP contribution in [0.5, 0.6) is 11.5 Å². The first-order valence-corrected chi connectivity index (χ1v) is 37.1. The number of fused-ring (bicyclic) bond motifs is 3. The van der Waals surface area contributed by atoms with Crippen LogP contribution in [0.3, 0.4) is 0 Å². The van der Waals surface area contributed by atoms with Crippen molar-refractivity contribution in [2.24, 2.45) is 0 Å². The first kappa shape index (κ1) is 76.6. The summed E-state index contributed by atoms with van der Waals surface area (Å²) in [6.07, 6.45) is 26.3. The number of pyridine rings is 3. The van der Waals surface area contributed by atoms with Gasteiger partial charge >= 0.3 is 11.9 Å². The molecule has 10 heterocycles. The molecule has 0 bridgehead atoms. The summed E-state index contributed by atoms with van der Waals surface area (Å²) in [7, 11) is 2.68.